The molecule has 0 N–H and O–H groups in total. The van der Waals surface area contributed by atoms with Crippen molar-refractivity contribution in [3.63, 3.8) is 0 Å². The van der Waals surface area contributed by atoms with Gasteiger partial charge in [0.05, 0.1) is 0 Å². The molecule has 0 aromatic heterocycles. The molecule has 1 amide bonds. The summed E-state index contributed by atoms with van der Waals surface area (Å²) in [6.45, 7) is 0.132. The highest BCUT2D eigenvalue weighted by Gasteiger charge is 2.44. The number of amides is 1. The fourth-order valence-electron chi connectivity index (χ4n) is 2.90. The number of carbonyl (C=O) groups excluding carboxylic acids is 1. The van der Waals surface area contributed by atoms with E-state index in [2.05, 4.69) is 0 Å². The van der Waals surface area contributed by atoms with E-state index < -0.39 is 12.1 Å². The molecule has 0 spiro atoms. The molecule has 1 aliphatic carbocycles. The van der Waals surface area contributed by atoms with Crippen LogP contribution in [0.4, 0.5) is 13.2 Å². The summed E-state index contributed by atoms with van der Waals surface area (Å²) < 4.78 is 38.4. The van der Waals surface area contributed by atoms with Crippen LogP contribution in [0, 0.1) is 0 Å². The quantitative estimate of drug-likeness (QED) is 0.824. The molecule has 2 nitrogen and oxygen atoms in total. The summed E-state index contributed by atoms with van der Waals surface area (Å²) in [7, 11) is 0. The average molecular weight is 299 g/mol. The molecule has 116 valence electrons. The lowest BCUT2D eigenvalue weighted by Crippen LogP contribution is -2.48. The summed E-state index contributed by atoms with van der Waals surface area (Å²) in [5.41, 5.74) is 0.952. The number of rotatable bonds is 4. The maximum atomic E-state index is 12.8. The van der Waals surface area contributed by atoms with Crippen molar-refractivity contribution in [2.45, 2.75) is 50.7 Å². The smallest absolute Gasteiger partial charge is 0.332 e. The lowest BCUT2D eigenvalue weighted by atomic mass is 9.93. The second-order valence-electron chi connectivity index (χ2n) is 5.52. The Morgan fingerprint density at radius 3 is 2.29 bits per heavy atom. The van der Waals surface area contributed by atoms with Crippen LogP contribution in [0.5, 0.6) is 0 Å². The van der Waals surface area contributed by atoms with Crippen LogP contribution >= 0.6 is 0 Å². The summed E-state index contributed by atoms with van der Waals surface area (Å²) in [4.78, 5) is 12.7. The molecule has 1 aromatic carbocycles. The van der Waals surface area contributed by atoms with Crippen molar-refractivity contribution in [3.05, 3.63) is 35.9 Å². The van der Waals surface area contributed by atoms with E-state index in [1.807, 2.05) is 30.3 Å². The van der Waals surface area contributed by atoms with Gasteiger partial charge in [-0.2, -0.15) is 13.2 Å². The number of hydrogen-bond donors (Lipinski definition) is 0. The molecule has 2 rings (SSSR count). The van der Waals surface area contributed by atoms with Gasteiger partial charge in [-0.25, -0.2) is 0 Å². The largest absolute Gasteiger partial charge is 0.471 e. The molecule has 0 unspecified atom stereocenters. The maximum absolute atomic E-state index is 12.8. The Kier molecular flexibility index (Phi) is 5.26. The average Bonchev–Trinajstić information content (AvgIpc) is 2.48. The predicted octanol–water partition coefficient (Wildman–Crippen LogP) is 3.95. The van der Waals surface area contributed by atoms with Crippen molar-refractivity contribution >= 4 is 5.91 Å². The fourth-order valence-corrected chi connectivity index (χ4v) is 2.90. The minimum absolute atomic E-state index is 0.132. The van der Waals surface area contributed by atoms with Gasteiger partial charge >= 0.3 is 12.1 Å². The van der Waals surface area contributed by atoms with Crippen LogP contribution in [-0.4, -0.2) is 29.6 Å². The number of carbonyl (C=O) groups is 1. The van der Waals surface area contributed by atoms with Crippen molar-refractivity contribution in [2.24, 2.45) is 0 Å². The van der Waals surface area contributed by atoms with Crippen LogP contribution in [0.15, 0.2) is 30.3 Å². The predicted molar refractivity (Wildman–Crippen MR) is 74.8 cm³/mol. The van der Waals surface area contributed by atoms with Crippen molar-refractivity contribution < 1.29 is 18.0 Å². The van der Waals surface area contributed by atoms with Gasteiger partial charge in [-0.1, -0.05) is 49.6 Å². The number of benzene rings is 1. The van der Waals surface area contributed by atoms with Gasteiger partial charge < -0.3 is 4.90 Å². The van der Waals surface area contributed by atoms with E-state index in [-0.39, 0.29) is 12.6 Å². The standard InChI is InChI=1S/C16H20F3NO/c17-16(18,19)15(21)20(14-9-5-2-6-10-14)12-11-13-7-3-1-4-8-13/h1,3-4,7-8,14H,2,5-6,9-12H2. The topological polar surface area (TPSA) is 20.3 Å². The Labute approximate surface area is 122 Å². The van der Waals surface area contributed by atoms with Gasteiger partial charge in [0, 0.05) is 12.6 Å². The van der Waals surface area contributed by atoms with Gasteiger partial charge in [0.25, 0.3) is 0 Å². The van der Waals surface area contributed by atoms with Gasteiger partial charge in [-0.05, 0) is 24.8 Å². The van der Waals surface area contributed by atoms with Gasteiger partial charge in [-0.3, -0.25) is 4.79 Å². The highest BCUT2D eigenvalue weighted by molar-refractivity contribution is 5.82. The molecule has 1 fully saturated rings. The lowest BCUT2D eigenvalue weighted by molar-refractivity contribution is -0.188. The van der Waals surface area contributed by atoms with E-state index in [1.54, 1.807) is 0 Å². The third-order valence-electron chi connectivity index (χ3n) is 4.00. The summed E-state index contributed by atoms with van der Waals surface area (Å²) in [6.07, 6.45) is -0.126. The second kappa shape index (κ2) is 6.96. The zero-order valence-corrected chi connectivity index (χ0v) is 11.9. The first-order valence-corrected chi connectivity index (χ1v) is 7.40. The highest BCUT2D eigenvalue weighted by Crippen LogP contribution is 2.27. The first-order chi connectivity index (χ1) is 9.98. The molecule has 0 radical (unpaired) electrons. The maximum Gasteiger partial charge on any atom is 0.471 e. The monoisotopic (exact) mass is 299 g/mol. The number of alkyl halides is 3. The molecular weight excluding hydrogens is 279 g/mol. The van der Waals surface area contributed by atoms with Gasteiger partial charge in [0.1, 0.15) is 0 Å². The van der Waals surface area contributed by atoms with Gasteiger partial charge in [-0.15, -0.1) is 0 Å². The van der Waals surface area contributed by atoms with Crippen LogP contribution in [0.2, 0.25) is 0 Å². The molecule has 1 aromatic rings. The number of halogens is 3. The van der Waals surface area contributed by atoms with Crippen molar-refractivity contribution in [2.75, 3.05) is 6.54 Å². The zero-order valence-electron chi connectivity index (χ0n) is 11.9. The van der Waals surface area contributed by atoms with Crippen LogP contribution in [-0.2, 0) is 11.2 Å². The summed E-state index contributed by atoms with van der Waals surface area (Å²) >= 11 is 0. The van der Waals surface area contributed by atoms with E-state index in [1.165, 1.54) is 0 Å². The van der Waals surface area contributed by atoms with Crippen molar-refractivity contribution in [3.8, 4) is 0 Å². The SMILES string of the molecule is O=C(N(CCc1ccccc1)C1CCCCC1)C(F)(F)F. The zero-order chi connectivity index (χ0) is 15.3. The molecule has 0 aliphatic heterocycles. The molecular formula is C16H20F3NO. The number of nitrogens with zero attached hydrogens (tertiary/aromatic N) is 1. The molecule has 0 bridgehead atoms. The molecule has 0 atom stereocenters. The minimum Gasteiger partial charge on any atom is -0.332 e. The van der Waals surface area contributed by atoms with Crippen LogP contribution in [0.1, 0.15) is 37.7 Å². The molecule has 1 aliphatic rings. The Morgan fingerprint density at radius 1 is 1.10 bits per heavy atom. The lowest BCUT2D eigenvalue weighted by Gasteiger charge is -2.34. The summed E-state index contributed by atoms with van der Waals surface area (Å²) in [5.74, 6) is -1.69. The Hall–Kier alpha value is -1.52. The molecule has 0 saturated heterocycles. The van der Waals surface area contributed by atoms with Gasteiger partial charge in [0.2, 0.25) is 0 Å². The Bertz CT molecular complexity index is 452. The third kappa shape index (κ3) is 4.48. The van der Waals surface area contributed by atoms with Crippen LogP contribution in [0.25, 0.3) is 0 Å². The molecule has 21 heavy (non-hydrogen) atoms. The Morgan fingerprint density at radius 2 is 1.71 bits per heavy atom. The van der Waals surface area contributed by atoms with Crippen molar-refractivity contribution in [1.29, 1.82) is 0 Å². The number of hydrogen-bond acceptors (Lipinski definition) is 1. The van der Waals surface area contributed by atoms with Gasteiger partial charge in [0.15, 0.2) is 0 Å². The molecule has 5 heteroatoms. The fraction of sp³-hybridized carbons (Fsp3) is 0.562. The molecule has 0 heterocycles. The highest BCUT2D eigenvalue weighted by atomic mass is 19.4. The van der Waals surface area contributed by atoms with E-state index in [4.69, 9.17) is 0 Å². The summed E-state index contributed by atoms with van der Waals surface area (Å²) in [5, 5.41) is 0. The Balaban J connectivity index is 2.06. The van der Waals surface area contributed by atoms with E-state index in [9.17, 15) is 18.0 Å². The third-order valence-corrected chi connectivity index (χ3v) is 4.00. The van der Waals surface area contributed by atoms with Crippen LogP contribution in [0.3, 0.4) is 0 Å². The molecule has 1 saturated carbocycles. The van der Waals surface area contributed by atoms with E-state index in [0.29, 0.717) is 19.3 Å². The van der Waals surface area contributed by atoms with E-state index >= 15 is 0 Å². The van der Waals surface area contributed by atoms with Crippen LogP contribution < -0.4 is 0 Å². The van der Waals surface area contributed by atoms with E-state index in [0.717, 1.165) is 29.7 Å². The summed E-state index contributed by atoms with van der Waals surface area (Å²) in [6, 6.07) is 9.05. The second-order valence-corrected chi connectivity index (χ2v) is 5.52. The first-order valence-electron chi connectivity index (χ1n) is 7.40. The normalized spacial score (nSPS) is 16.7. The minimum atomic E-state index is -4.78. The first kappa shape index (κ1) is 15.9. The van der Waals surface area contributed by atoms with Crippen molar-refractivity contribution in [1.82, 2.24) is 4.90 Å².